The molecule has 0 radical (unpaired) electrons. The molecule has 1 aromatic carbocycles. The number of hydrogen-bond donors (Lipinski definition) is 1. The molecule has 0 saturated carbocycles. The normalized spacial score (nSPS) is 13.1. The van der Waals surface area contributed by atoms with Gasteiger partial charge in [-0.1, -0.05) is 47.6 Å². The van der Waals surface area contributed by atoms with E-state index in [2.05, 4.69) is 53.7 Å². The van der Waals surface area contributed by atoms with Crippen LogP contribution < -0.4 is 0 Å². The molecule has 0 aliphatic heterocycles. The molecule has 1 aromatic heterocycles. The molecule has 2 nitrogen and oxygen atoms in total. The van der Waals surface area contributed by atoms with Crippen LogP contribution in [0, 0.1) is 0 Å². The van der Waals surface area contributed by atoms with Crippen LogP contribution >= 0.6 is 0 Å². The van der Waals surface area contributed by atoms with Gasteiger partial charge in [0.2, 0.25) is 0 Å². The quantitative estimate of drug-likeness (QED) is 0.809. The molecule has 0 aliphatic rings. The standard InChI is InChI=1S/C19H28O2/c1-7-18(3,4)14-9-13-10-15(12-20)21-17(13)16(11-14)19(5,6)8-2/h9-11,20H,7-8,12H2,1-6H3. The van der Waals surface area contributed by atoms with Crippen LogP contribution in [0.2, 0.25) is 0 Å². The maximum absolute atomic E-state index is 9.37. The zero-order valence-electron chi connectivity index (χ0n) is 14.2. The van der Waals surface area contributed by atoms with Crippen LogP contribution in [0.3, 0.4) is 0 Å². The molecular formula is C19H28O2. The molecular weight excluding hydrogens is 260 g/mol. The fourth-order valence-electron chi connectivity index (χ4n) is 2.57. The van der Waals surface area contributed by atoms with Crippen molar-refractivity contribution in [2.75, 3.05) is 0 Å². The zero-order valence-corrected chi connectivity index (χ0v) is 14.2. The van der Waals surface area contributed by atoms with Gasteiger partial charge in [-0.2, -0.15) is 0 Å². The number of fused-ring (bicyclic) bond motifs is 1. The highest BCUT2D eigenvalue weighted by Crippen LogP contribution is 2.39. The Bertz CT molecular complexity index is 632. The topological polar surface area (TPSA) is 33.4 Å². The third kappa shape index (κ3) is 2.87. The maximum atomic E-state index is 9.37. The van der Waals surface area contributed by atoms with Gasteiger partial charge in [-0.25, -0.2) is 0 Å². The number of aliphatic hydroxyl groups excluding tert-OH is 1. The highest BCUT2D eigenvalue weighted by atomic mass is 16.4. The molecule has 0 amide bonds. The summed E-state index contributed by atoms with van der Waals surface area (Å²) in [4.78, 5) is 0. The average molecular weight is 288 g/mol. The second-order valence-electron chi connectivity index (χ2n) is 7.29. The summed E-state index contributed by atoms with van der Waals surface area (Å²) in [5.74, 6) is 0.643. The van der Waals surface area contributed by atoms with Crippen LogP contribution in [0.25, 0.3) is 11.0 Å². The molecule has 21 heavy (non-hydrogen) atoms. The van der Waals surface area contributed by atoms with Crippen LogP contribution in [0.5, 0.6) is 0 Å². The Morgan fingerprint density at radius 3 is 2.10 bits per heavy atom. The first-order valence-corrected chi connectivity index (χ1v) is 7.93. The second-order valence-corrected chi connectivity index (χ2v) is 7.29. The summed E-state index contributed by atoms with van der Waals surface area (Å²) in [5, 5.41) is 10.5. The van der Waals surface area contributed by atoms with Gasteiger partial charge in [0.25, 0.3) is 0 Å². The van der Waals surface area contributed by atoms with E-state index in [0.717, 1.165) is 23.8 Å². The van der Waals surface area contributed by atoms with Gasteiger partial charge < -0.3 is 9.52 Å². The summed E-state index contributed by atoms with van der Waals surface area (Å²) in [5.41, 5.74) is 3.73. The Morgan fingerprint density at radius 1 is 0.952 bits per heavy atom. The minimum atomic E-state index is -0.0484. The van der Waals surface area contributed by atoms with Crippen LogP contribution in [0.4, 0.5) is 0 Å². The Kier molecular flexibility index (Phi) is 4.21. The van der Waals surface area contributed by atoms with Crippen LogP contribution in [0.15, 0.2) is 22.6 Å². The van der Waals surface area contributed by atoms with Crippen molar-refractivity contribution < 1.29 is 9.52 Å². The van der Waals surface area contributed by atoms with Crippen molar-refractivity contribution in [1.29, 1.82) is 0 Å². The van der Waals surface area contributed by atoms with E-state index in [1.807, 2.05) is 6.07 Å². The summed E-state index contributed by atoms with van der Waals surface area (Å²) >= 11 is 0. The van der Waals surface area contributed by atoms with Gasteiger partial charge in [-0.05, 0) is 41.4 Å². The van der Waals surface area contributed by atoms with Gasteiger partial charge in [0.1, 0.15) is 18.0 Å². The molecule has 0 saturated heterocycles. The van der Waals surface area contributed by atoms with E-state index < -0.39 is 0 Å². The molecule has 2 aromatic rings. The Labute approximate surface area is 128 Å². The van der Waals surface area contributed by atoms with Crippen LogP contribution in [0.1, 0.15) is 71.3 Å². The van der Waals surface area contributed by atoms with Crippen LogP contribution in [-0.4, -0.2) is 5.11 Å². The molecule has 0 aliphatic carbocycles. The van der Waals surface area contributed by atoms with Crippen molar-refractivity contribution in [2.24, 2.45) is 0 Å². The first kappa shape index (κ1) is 16.1. The lowest BCUT2D eigenvalue weighted by Gasteiger charge is -2.28. The van der Waals surface area contributed by atoms with Crippen molar-refractivity contribution in [3.63, 3.8) is 0 Å². The third-order valence-corrected chi connectivity index (χ3v) is 5.10. The molecule has 1 heterocycles. The van der Waals surface area contributed by atoms with E-state index in [9.17, 15) is 5.11 Å². The van der Waals surface area contributed by atoms with Crippen molar-refractivity contribution in [2.45, 2.75) is 71.8 Å². The van der Waals surface area contributed by atoms with Crippen molar-refractivity contribution in [3.05, 3.63) is 35.1 Å². The van der Waals surface area contributed by atoms with Gasteiger partial charge in [0.05, 0.1) is 0 Å². The largest absolute Gasteiger partial charge is 0.458 e. The third-order valence-electron chi connectivity index (χ3n) is 5.10. The van der Waals surface area contributed by atoms with E-state index in [1.165, 1.54) is 11.1 Å². The summed E-state index contributed by atoms with van der Waals surface area (Å²) in [6.45, 7) is 13.5. The molecule has 116 valence electrons. The van der Waals surface area contributed by atoms with Gasteiger partial charge in [-0.3, -0.25) is 0 Å². The highest BCUT2D eigenvalue weighted by Gasteiger charge is 2.27. The maximum Gasteiger partial charge on any atom is 0.138 e. The number of hydrogen-bond acceptors (Lipinski definition) is 2. The molecule has 0 fully saturated rings. The molecule has 0 unspecified atom stereocenters. The fraction of sp³-hybridized carbons (Fsp3) is 0.579. The number of rotatable bonds is 5. The first-order chi connectivity index (χ1) is 9.75. The number of benzene rings is 1. The molecule has 0 spiro atoms. The van der Waals surface area contributed by atoms with Crippen LogP contribution in [-0.2, 0) is 17.4 Å². The number of furan rings is 1. The Hall–Kier alpha value is -1.28. The summed E-state index contributed by atoms with van der Waals surface area (Å²) < 4.78 is 5.89. The van der Waals surface area contributed by atoms with E-state index in [-0.39, 0.29) is 17.4 Å². The lowest BCUT2D eigenvalue weighted by atomic mass is 9.76. The fourth-order valence-corrected chi connectivity index (χ4v) is 2.57. The lowest BCUT2D eigenvalue weighted by molar-refractivity contribution is 0.250. The second kappa shape index (κ2) is 5.49. The molecule has 2 heteroatoms. The molecule has 1 N–H and O–H groups in total. The first-order valence-electron chi connectivity index (χ1n) is 7.93. The molecule has 0 atom stereocenters. The summed E-state index contributed by atoms with van der Waals surface area (Å²) in [7, 11) is 0. The summed E-state index contributed by atoms with van der Waals surface area (Å²) in [6, 6.07) is 6.50. The van der Waals surface area contributed by atoms with E-state index in [1.54, 1.807) is 0 Å². The SMILES string of the molecule is CCC(C)(C)c1cc(C(C)(C)CC)c2oc(CO)cc2c1. The van der Waals surface area contributed by atoms with E-state index >= 15 is 0 Å². The predicted molar refractivity (Wildman–Crippen MR) is 88.8 cm³/mol. The zero-order chi connectivity index (χ0) is 15.8. The minimum absolute atomic E-state index is 0.0484. The van der Waals surface area contributed by atoms with Crippen molar-refractivity contribution >= 4 is 11.0 Å². The Morgan fingerprint density at radius 2 is 1.57 bits per heavy atom. The smallest absolute Gasteiger partial charge is 0.138 e. The van der Waals surface area contributed by atoms with Gasteiger partial charge in [0.15, 0.2) is 0 Å². The van der Waals surface area contributed by atoms with Gasteiger partial charge >= 0.3 is 0 Å². The summed E-state index contributed by atoms with van der Waals surface area (Å²) in [6.07, 6.45) is 2.14. The highest BCUT2D eigenvalue weighted by molar-refractivity contribution is 5.83. The van der Waals surface area contributed by atoms with Gasteiger partial charge in [0, 0.05) is 10.9 Å². The van der Waals surface area contributed by atoms with E-state index in [0.29, 0.717) is 5.76 Å². The Balaban J connectivity index is 2.76. The lowest BCUT2D eigenvalue weighted by Crippen LogP contribution is -2.20. The van der Waals surface area contributed by atoms with E-state index in [4.69, 9.17) is 4.42 Å². The predicted octanol–water partition coefficient (Wildman–Crippen LogP) is 5.30. The average Bonchev–Trinajstić information content (AvgIpc) is 2.88. The molecule has 0 bridgehead atoms. The minimum Gasteiger partial charge on any atom is -0.458 e. The van der Waals surface area contributed by atoms with Crippen molar-refractivity contribution in [1.82, 2.24) is 0 Å². The van der Waals surface area contributed by atoms with Gasteiger partial charge in [-0.15, -0.1) is 0 Å². The molecule has 2 rings (SSSR count). The van der Waals surface area contributed by atoms with Crippen molar-refractivity contribution in [3.8, 4) is 0 Å². The number of aliphatic hydroxyl groups is 1. The monoisotopic (exact) mass is 288 g/mol.